The molecule has 3 heteroatoms. The highest BCUT2D eigenvalue weighted by atomic mass is 79.9. The van der Waals surface area contributed by atoms with Gasteiger partial charge in [-0.05, 0) is 41.3 Å². The monoisotopic (exact) mass is 371 g/mol. The second kappa shape index (κ2) is 7.91. The van der Waals surface area contributed by atoms with E-state index in [1.807, 2.05) is 0 Å². The zero-order chi connectivity index (χ0) is 16.1. The first-order valence-corrected chi connectivity index (χ1v) is 8.85. The Balaban J connectivity index is 1.67. The Bertz CT molecular complexity index is 655. The highest BCUT2D eigenvalue weighted by Crippen LogP contribution is 2.24. The van der Waals surface area contributed by atoms with Gasteiger partial charge in [0.1, 0.15) is 0 Å². The van der Waals surface area contributed by atoms with Crippen LogP contribution in [0.5, 0.6) is 0 Å². The van der Waals surface area contributed by atoms with E-state index in [2.05, 4.69) is 82.4 Å². The van der Waals surface area contributed by atoms with Crippen LogP contribution in [0.3, 0.4) is 0 Å². The normalized spacial score (nSPS) is 16.5. The van der Waals surface area contributed by atoms with E-state index < -0.39 is 0 Å². The molecule has 0 aliphatic carbocycles. The van der Waals surface area contributed by atoms with Gasteiger partial charge in [-0.2, -0.15) is 0 Å². The molecular weight excluding hydrogens is 350 g/mol. The Hall–Kier alpha value is -1.42. The number of hydrogen-bond donors (Lipinski definition) is 0. The minimum atomic E-state index is 0.856. The third-order valence-electron chi connectivity index (χ3n) is 4.28. The zero-order valence-corrected chi connectivity index (χ0v) is 15.1. The van der Waals surface area contributed by atoms with Crippen LogP contribution < -0.4 is 0 Å². The van der Waals surface area contributed by atoms with Crippen LogP contribution in [0.2, 0.25) is 0 Å². The fourth-order valence-corrected chi connectivity index (χ4v) is 3.00. The molecule has 0 amide bonds. The van der Waals surface area contributed by atoms with Gasteiger partial charge in [0, 0.05) is 24.1 Å². The summed E-state index contributed by atoms with van der Waals surface area (Å²) in [5.41, 5.74) is 5.12. The largest absolute Gasteiger partial charge is 0.379 e. The molecule has 0 aromatic heterocycles. The topological polar surface area (TPSA) is 12.5 Å². The van der Waals surface area contributed by atoms with Gasteiger partial charge in [0.15, 0.2) is 0 Å². The lowest BCUT2D eigenvalue weighted by molar-refractivity contribution is 0.0435. The minimum absolute atomic E-state index is 0.856. The summed E-state index contributed by atoms with van der Waals surface area (Å²) in [4.78, 5) is 2.43. The molecule has 0 atom stereocenters. The van der Waals surface area contributed by atoms with Crippen LogP contribution in [0.25, 0.3) is 16.7 Å². The van der Waals surface area contributed by atoms with Gasteiger partial charge in [0.25, 0.3) is 0 Å². The summed E-state index contributed by atoms with van der Waals surface area (Å²) in [5.74, 6) is 0. The first-order chi connectivity index (χ1) is 11.2. The van der Waals surface area contributed by atoms with Crippen molar-refractivity contribution in [2.75, 3.05) is 32.8 Å². The maximum absolute atomic E-state index is 5.39. The summed E-state index contributed by atoms with van der Waals surface area (Å²) in [6, 6.07) is 17.3. The van der Waals surface area contributed by atoms with Crippen molar-refractivity contribution in [1.29, 1.82) is 0 Å². The summed E-state index contributed by atoms with van der Waals surface area (Å²) >= 11 is 3.48. The third kappa shape index (κ3) is 4.54. The molecule has 2 aromatic carbocycles. The van der Waals surface area contributed by atoms with Crippen molar-refractivity contribution < 1.29 is 4.74 Å². The quantitative estimate of drug-likeness (QED) is 0.761. The number of morpholine rings is 1. The molecular formula is C20H22BrNO. The van der Waals surface area contributed by atoms with E-state index in [4.69, 9.17) is 4.74 Å². The number of ether oxygens (including phenoxy) is 1. The van der Waals surface area contributed by atoms with Gasteiger partial charge in [0.05, 0.1) is 13.2 Å². The Labute approximate surface area is 146 Å². The third-order valence-corrected chi connectivity index (χ3v) is 4.81. The standard InChI is InChI=1S/C20H22BrNO/c1-16(10-11-22-12-14-23-15-13-22)17-2-4-18(5-3-17)19-6-8-20(21)9-7-19/h2-10H,11-15H2,1H3/b16-10-. The number of nitrogens with zero attached hydrogens (tertiary/aromatic N) is 1. The van der Waals surface area contributed by atoms with Crippen molar-refractivity contribution in [2.24, 2.45) is 0 Å². The van der Waals surface area contributed by atoms with Gasteiger partial charge in [-0.15, -0.1) is 0 Å². The van der Waals surface area contributed by atoms with E-state index >= 15 is 0 Å². The Morgan fingerprint density at radius 3 is 2.17 bits per heavy atom. The first-order valence-electron chi connectivity index (χ1n) is 8.05. The van der Waals surface area contributed by atoms with Crippen molar-refractivity contribution in [3.8, 4) is 11.1 Å². The molecule has 0 unspecified atom stereocenters. The van der Waals surface area contributed by atoms with E-state index in [0.717, 1.165) is 37.3 Å². The fraction of sp³-hybridized carbons (Fsp3) is 0.300. The SMILES string of the molecule is C/C(=C/CN1CCOCC1)c1ccc(-c2ccc(Br)cc2)cc1. The second-order valence-corrected chi connectivity index (χ2v) is 6.80. The lowest BCUT2D eigenvalue weighted by atomic mass is 10.0. The molecule has 1 aliphatic heterocycles. The summed E-state index contributed by atoms with van der Waals surface area (Å²) in [6.07, 6.45) is 2.32. The summed E-state index contributed by atoms with van der Waals surface area (Å²) < 4.78 is 6.50. The molecule has 23 heavy (non-hydrogen) atoms. The first kappa shape index (κ1) is 16.4. The van der Waals surface area contributed by atoms with Crippen LogP contribution in [-0.2, 0) is 4.74 Å². The van der Waals surface area contributed by atoms with Crippen molar-refractivity contribution >= 4 is 21.5 Å². The fourth-order valence-electron chi connectivity index (χ4n) is 2.74. The van der Waals surface area contributed by atoms with Crippen LogP contribution in [0.4, 0.5) is 0 Å². The summed E-state index contributed by atoms with van der Waals surface area (Å²) in [7, 11) is 0. The number of hydrogen-bond acceptors (Lipinski definition) is 2. The highest BCUT2D eigenvalue weighted by molar-refractivity contribution is 9.10. The Kier molecular flexibility index (Phi) is 5.65. The van der Waals surface area contributed by atoms with E-state index in [1.54, 1.807) is 0 Å². The molecule has 2 nitrogen and oxygen atoms in total. The molecule has 1 heterocycles. The molecule has 0 bridgehead atoms. The van der Waals surface area contributed by atoms with Gasteiger partial charge in [-0.3, -0.25) is 4.90 Å². The van der Waals surface area contributed by atoms with Crippen LogP contribution in [0.1, 0.15) is 12.5 Å². The van der Waals surface area contributed by atoms with Crippen LogP contribution in [-0.4, -0.2) is 37.7 Å². The van der Waals surface area contributed by atoms with Gasteiger partial charge in [-0.25, -0.2) is 0 Å². The summed E-state index contributed by atoms with van der Waals surface area (Å²) in [5, 5.41) is 0. The molecule has 3 rings (SSSR count). The lowest BCUT2D eigenvalue weighted by Crippen LogP contribution is -2.36. The number of halogens is 1. The maximum atomic E-state index is 5.39. The zero-order valence-electron chi connectivity index (χ0n) is 13.5. The van der Waals surface area contributed by atoms with E-state index in [1.165, 1.54) is 22.3 Å². The lowest BCUT2D eigenvalue weighted by Gasteiger charge is -2.25. The average molecular weight is 372 g/mol. The van der Waals surface area contributed by atoms with Crippen molar-refractivity contribution in [1.82, 2.24) is 4.90 Å². The Morgan fingerprint density at radius 2 is 1.57 bits per heavy atom. The molecule has 1 saturated heterocycles. The molecule has 0 spiro atoms. The molecule has 0 radical (unpaired) electrons. The molecule has 1 fully saturated rings. The van der Waals surface area contributed by atoms with Gasteiger partial charge >= 0.3 is 0 Å². The van der Waals surface area contributed by atoms with Gasteiger partial charge < -0.3 is 4.74 Å². The maximum Gasteiger partial charge on any atom is 0.0594 e. The van der Waals surface area contributed by atoms with E-state index in [0.29, 0.717) is 0 Å². The van der Waals surface area contributed by atoms with Crippen molar-refractivity contribution in [3.05, 3.63) is 64.6 Å². The van der Waals surface area contributed by atoms with Crippen LogP contribution in [0, 0.1) is 0 Å². The number of allylic oxidation sites excluding steroid dienone is 1. The van der Waals surface area contributed by atoms with Crippen molar-refractivity contribution in [2.45, 2.75) is 6.92 Å². The van der Waals surface area contributed by atoms with E-state index in [-0.39, 0.29) is 0 Å². The molecule has 2 aromatic rings. The Morgan fingerprint density at radius 1 is 1.00 bits per heavy atom. The minimum Gasteiger partial charge on any atom is -0.379 e. The van der Waals surface area contributed by atoms with Crippen molar-refractivity contribution in [3.63, 3.8) is 0 Å². The van der Waals surface area contributed by atoms with Crippen LogP contribution in [0.15, 0.2) is 59.1 Å². The molecule has 120 valence electrons. The second-order valence-electron chi connectivity index (χ2n) is 5.88. The van der Waals surface area contributed by atoms with Gasteiger partial charge in [0.2, 0.25) is 0 Å². The predicted octanol–water partition coefficient (Wildman–Crippen LogP) is 4.85. The smallest absolute Gasteiger partial charge is 0.0594 e. The average Bonchev–Trinajstić information content (AvgIpc) is 2.61. The summed E-state index contributed by atoms with van der Waals surface area (Å²) in [6.45, 7) is 6.97. The predicted molar refractivity (Wildman–Crippen MR) is 100 cm³/mol. The van der Waals surface area contributed by atoms with Gasteiger partial charge in [-0.1, -0.05) is 58.4 Å². The molecule has 0 saturated carbocycles. The number of benzene rings is 2. The van der Waals surface area contributed by atoms with Crippen LogP contribution >= 0.6 is 15.9 Å². The number of rotatable bonds is 4. The molecule has 0 N–H and O–H groups in total. The molecule has 1 aliphatic rings. The van der Waals surface area contributed by atoms with E-state index in [9.17, 15) is 0 Å². The highest BCUT2D eigenvalue weighted by Gasteiger charge is 2.08.